The molecule has 2 heterocycles. The third-order valence-electron chi connectivity index (χ3n) is 2.54. The van der Waals surface area contributed by atoms with Crippen molar-refractivity contribution in [2.24, 2.45) is 0 Å². The van der Waals surface area contributed by atoms with Crippen molar-refractivity contribution >= 4 is 12.6 Å². The molecule has 84 valence electrons. The van der Waals surface area contributed by atoms with E-state index in [9.17, 15) is 5.02 Å². The Morgan fingerprint density at radius 1 is 1.35 bits per heavy atom. The van der Waals surface area contributed by atoms with E-state index in [0.29, 0.717) is 18.2 Å². The van der Waals surface area contributed by atoms with Crippen molar-refractivity contribution in [3.63, 3.8) is 0 Å². The molecule has 0 radical (unpaired) electrons. The number of nitrogens with zero attached hydrogens (tertiary/aromatic N) is 2. The van der Waals surface area contributed by atoms with Crippen LogP contribution in [0.25, 0.3) is 0 Å². The molecule has 17 heavy (non-hydrogen) atoms. The topological polar surface area (TPSA) is 64.5 Å². The Morgan fingerprint density at radius 2 is 2.29 bits per heavy atom. The predicted molar refractivity (Wildman–Crippen MR) is 60.9 cm³/mol. The van der Waals surface area contributed by atoms with Gasteiger partial charge in [-0.05, 0) is 23.2 Å². The molecule has 0 saturated heterocycles. The first-order valence-electron chi connectivity index (χ1n) is 5.19. The number of hydrogen-bond donors (Lipinski definition) is 1. The molecule has 1 aliphatic heterocycles. The fourth-order valence-electron chi connectivity index (χ4n) is 1.72. The Labute approximate surface area is 98.2 Å². The van der Waals surface area contributed by atoms with Crippen LogP contribution in [0, 0.1) is 0 Å². The van der Waals surface area contributed by atoms with E-state index in [1.165, 1.54) is 6.20 Å². The van der Waals surface area contributed by atoms with Crippen LogP contribution in [-0.2, 0) is 11.3 Å². The highest BCUT2D eigenvalue weighted by Gasteiger charge is 2.27. The average molecular weight is 228 g/mol. The normalized spacial score (nSPS) is 13.6. The van der Waals surface area contributed by atoms with Gasteiger partial charge in [0.2, 0.25) is 5.88 Å². The minimum Gasteiger partial charge on any atom is -0.438 e. The van der Waals surface area contributed by atoms with Gasteiger partial charge in [0.25, 0.3) is 0 Å². The van der Waals surface area contributed by atoms with Crippen LogP contribution >= 0.6 is 0 Å². The molecular weight excluding hydrogens is 219 g/mol. The number of benzene rings is 1. The van der Waals surface area contributed by atoms with Crippen molar-refractivity contribution in [3.8, 4) is 11.6 Å². The van der Waals surface area contributed by atoms with E-state index in [1.807, 2.05) is 12.1 Å². The minimum absolute atomic E-state index is 0.417. The first-order valence-corrected chi connectivity index (χ1v) is 5.19. The zero-order chi connectivity index (χ0) is 11.7. The van der Waals surface area contributed by atoms with Crippen molar-refractivity contribution in [3.05, 3.63) is 42.4 Å². The minimum atomic E-state index is -0.865. The van der Waals surface area contributed by atoms with Crippen LogP contribution in [0.1, 0.15) is 5.56 Å². The first-order chi connectivity index (χ1) is 8.33. The summed E-state index contributed by atoms with van der Waals surface area (Å²) < 4.78 is 10.6. The van der Waals surface area contributed by atoms with Gasteiger partial charge in [0.05, 0.1) is 12.8 Å². The van der Waals surface area contributed by atoms with E-state index in [-0.39, 0.29) is 0 Å². The highest BCUT2D eigenvalue weighted by Crippen LogP contribution is 2.20. The van der Waals surface area contributed by atoms with Crippen molar-refractivity contribution in [2.45, 2.75) is 6.61 Å². The Hall–Kier alpha value is -1.92. The molecule has 1 aromatic heterocycles. The zero-order valence-electron chi connectivity index (χ0n) is 8.91. The molecule has 6 heteroatoms. The Bertz CT molecular complexity index is 535. The molecule has 0 spiro atoms. The summed E-state index contributed by atoms with van der Waals surface area (Å²) in [6.07, 6.45) is 4.66. The average Bonchev–Trinajstić information content (AvgIpc) is 2.73. The lowest BCUT2D eigenvalue weighted by Crippen LogP contribution is -2.27. The van der Waals surface area contributed by atoms with E-state index >= 15 is 0 Å². The van der Waals surface area contributed by atoms with Crippen LogP contribution in [0.15, 0.2) is 36.8 Å². The maximum absolute atomic E-state index is 9.57. The summed E-state index contributed by atoms with van der Waals surface area (Å²) in [5.74, 6) is 1.02. The van der Waals surface area contributed by atoms with E-state index in [0.717, 1.165) is 11.0 Å². The van der Waals surface area contributed by atoms with E-state index in [1.54, 1.807) is 18.5 Å². The van der Waals surface area contributed by atoms with Crippen LogP contribution in [0.2, 0.25) is 0 Å². The number of rotatable bonds is 2. The van der Waals surface area contributed by atoms with Crippen molar-refractivity contribution in [2.75, 3.05) is 0 Å². The van der Waals surface area contributed by atoms with Gasteiger partial charge in [-0.3, -0.25) is 4.98 Å². The van der Waals surface area contributed by atoms with E-state index < -0.39 is 7.12 Å². The number of ether oxygens (including phenoxy) is 1. The molecule has 0 bridgehead atoms. The summed E-state index contributed by atoms with van der Waals surface area (Å²) in [6, 6.07) is 5.44. The van der Waals surface area contributed by atoms with Gasteiger partial charge in [0, 0.05) is 12.4 Å². The maximum atomic E-state index is 9.57. The maximum Gasteiger partial charge on any atom is 0.491 e. The third kappa shape index (κ3) is 2.00. The largest absolute Gasteiger partial charge is 0.491 e. The summed E-state index contributed by atoms with van der Waals surface area (Å²) in [5, 5.41) is 9.57. The molecule has 0 amide bonds. The summed E-state index contributed by atoms with van der Waals surface area (Å²) >= 11 is 0. The summed E-state index contributed by atoms with van der Waals surface area (Å²) in [7, 11) is -0.865. The zero-order valence-corrected chi connectivity index (χ0v) is 8.91. The summed E-state index contributed by atoms with van der Waals surface area (Å²) in [4.78, 5) is 7.91. The monoisotopic (exact) mass is 228 g/mol. The molecule has 0 atom stereocenters. The van der Waals surface area contributed by atoms with E-state index in [2.05, 4.69) is 9.97 Å². The van der Waals surface area contributed by atoms with Crippen LogP contribution in [0.5, 0.6) is 11.6 Å². The molecular formula is C11H9BN2O3. The lowest BCUT2D eigenvalue weighted by Gasteiger charge is -2.05. The third-order valence-corrected chi connectivity index (χ3v) is 2.54. The number of aromatic nitrogens is 2. The SMILES string of the molecule is OB1OCc2ccc(Oc3cnccn3)cc21. The van der Waals surface area contributed by atoms with Crippen molar-refractivity contribution in [1.29, 1.82) is 0 Å². The van der Waals surface area contributed by atoms with Gasteiger partial charge in [-0.2, -0.15) is 0 Å². The second-order valence-corrected chi connectivity index (χ2v) is 3.67. The highest BCUT2D eigenvalue weighted by molar-refractivity contribution is 6.61. The Balaban J connectivity index is 1.88. The fraction of sp³-hybridized carbons (Fsp3) is 0.0909. The summed E-state index contributed by atoms with van der Waals surface area (Å²) in [6.45, 7) is 0.432. The number of hydrogen-bond acceptors (Lipinski definition) is 5. The van der Waals surface area contributed by atoms with Gasteiger partial charge in [-0.25, -0.2) is 4.98 Å². The van der Waals surface area contributed by atoms with Crippen molar-refractivity contribution < 1.29 is 14.4 Å². The van der Waals surface area contributed by atoms with Gasteiger partial charge < -0.3 is 14.4 Å². The molecule has 1 N–H and O–H groups in total. The summed E-state index contributed by atoms with van der Waals surface area (Å²) in [5.41, 5.74) is 1.72. The fourth-order valence-corrected chi connectivity index (χ4v) is 1.72. The second-order valence-electron chi connectivity index (χ2n) is 3.67. The van der Waals surface area contributed by atoms with Crippen LogP contribution in [0.4, 0.5) is 0 Å². The lowest BCUT2D eigenvalue weighted by molar-refractivity contribution is 0.275. The molecule has 2 aromatic rings. The van der Waals surface area contributed by atoms with Gasteiger partial charge in [0.1, 0.15) is 5.75 Å². The smallest absolute Gasteiger partial charge is 0.438 e. The lowest BCUT2D eigenvalue weighted by atomic mass is 9.79. The molecule has 1 aliphatic rings. The van der Waals surface area contributed by atoms with Crippen LogP contribution < -0.4 is 10.2 Å². The first kappa shape index (κ1) is 10.3. The van der Waals surface area contributed by atoms with Gasteiger partial charge in [0.15, 0.2) is 0 Å². The molecule has 0 aliphatic carbocycles. The molecule has 0 unspecified atom stereocenters. The van der Waals surface area contributed by atoms with E-state index in [4.69, 9.17) is 9.39 Å². The van der Waals surface area contributed by atoms with Gasteiger partial charge in [-0.1, -0.05) is 6.07 Å². The Kier molecular flexibility index (Phi) is 2.51. The van der Waals surface area contributed by atoms with Gasteiger partial charge in [-0.15, -0.1) is 0 Å². The van der Waals surface area contributed by atoms with Crippen LogP contribution in [-0.4, -0.2) is 22.1 Å². The van der Waals surface area contributed by atoms with Crippen molar-refractivity contribution in [1.82, 2.24) is 9.97 Å². The molecule has 0 saturated carbocycles. The number of fused-ring (bicyclic) bond motifs is 1. The molecule has 5 nitrogen and oxygen atoms in total. The Morgan fingerprint density at radius 3 is 3.12 bits per heavy atom. The van der Waals surface area contributed by atoms with Crippen LogP contribution in [0.3, 0.4) is 0 Å². The quantitative estimate of drug-likeness (QED) is 0.757. The second kappa shape index (κ2) is 4.16. The standard InChI is InChI=1S/C11H9BN2O3/c15-12-10-5-9(2-1-8(10)7-16-12)17-11-6-13-3-4-14-11/h1-6,15H,7H2. The molecule has 1 aromatic carbocycles. The highest BCUT2D eigenvalue weighted by atomic mass is 16.5. The van der Waals surface area contributed by atoms with Gasteiger partial charge >= 0.3 is 7.12 Å². The molecule has 3 rings (SSSR count). The molecule has 0 fully saturated rings. The predicted octanol–water partition coefficient (Wildman–Crippen LogP) is 0.487.